The van der Waals surface area contributed by atoms with Crippen molar-refractivity contribution in [3.8, 4) is 0 Å². The first-order valence-electron chi connectivity index (χ1n) is 4.00. The van der Waals surface area contributed by atoms with Gasteiger partial charge in [0.1, 0.15) is 0 Å². The topological polar surface area (TPSA) is 36.2 Å². The number of hydrogen-bond acceptors (Lipinski definition) is 2. The van der Waals surface area contributed by atoms with Gasteiger partial charge in [-0.15, -0.1) is 12.1 Å². The van der Waals surface area contributed by atoms with Gasteiger partial charge in [-0.2, -0.15) is 13.1 Å². The molecule has 1 aromatic rings. The molecule has 0 bridgehead atoms. The standard InChI is InChI=1S/C7H6N.C4H7N.Li/c1-8-7-5-3-2-4-6-7;1-2-3-4-5;/h1-6H;5H,1-3H2;/q-1;-2;+1. The van der Waals surface area contributed by atoms with Crippen molar-refractivity contribution in [2.75, 3.05) is 0 Å². The molecule has 0 fully saturated rings. The normalized spacial score (nSPS) is 7.50. The van der Waals surface area contributed by atoms with E-state index in [4.69, 9.17) is 12.1 Å². The number of hydrogen-bond donors (Lipinski definition) is 1. The second kappa shape index (κ2) is 12.2. The van der Waals surface area contributed by atoms with Crippen LogP contribution in [0.1, 0.15) is 12.8 Å². The van der Waals surface area contributed by atoms with Crippen molar-refractivity contribution in [2.45, 2.75) is 12.8 Å². The Hall–Kier alpha value is -0.843. The molecule has 3 heteroatoms. The van der Waals surface area contributed by atoms with E-state index in [9.17, 15) is 0 Å². The third-order valence-corrected chi connectivity index (χ3v) is 1.21. The number of benzene rings is 1. The van der Waals surface area contributed by atoms with Gasteiger partial charge in [0.05, 0.1) is 0 Å². The predicted molar refractivity (Wildman–Crippen MR) is 56.9 cm³/mol. The molecule has 0 unspecified atom stereocenters. The summed E-state index contributed by atoms with van der Waals surface area (Å²) < 4.78 is 0. The third-order valence-electron chi connectivity index (χ3n) is 1.21. The smallest absolute Gasteiger partial charge is 0.519 e. The molecule has 0 aliphatic heterocycles. The van der Waals surface area contributed by atoms with E-state index in [-0.39, 0.29) is 18.9 Å². The molecule has 0 saturated heterocycles. The quantitative estimate of drug-likeness (QED) is 0.387. The molecule has 0 heterocycles. The Kier molecular flexibility index (Phi) is 13.6. The molecular formula is C11H13LiN2-2. The van der Waals surface area contributed by atoms with Crippen LogP contribution in [0.15, 0.2) is 35.3 Å². The zero-order chi connectivity index (χ0) is 9.94. The Morgan fingerprint density at radius 2 is 1.93 bits per heavy atom. The number of nitrogens with zero attached hydrogens (tertiary/aromatic N) is 1. The van der Waals surface area contributed by atoms with E-state index in [1.54, 1.807) is 0 Å². The summed E-state index contributed by atoms with van der Waals surface area (Å²) in [4.78, 5) is 3.47. The van der Waals surface area contributed by atoms with Gasteiger partial charge in [0.25, 0.3) is 0 Å². The first-order chi connectivity index (χ1) is 6.35. The molecule has 0 spiro atoms. The van der Waals surface area contributed by atoms with Gasteiger partial charge in [0.2, 0.25) is 0 Å². The maximum Gasteiger partial charge on any atom is 1.00 e. The van der Waals surface area contributed by atoms with E-state index in [1.165, 1.54) is 0 Å². The van der Waals surface area contributed by atoms with Gasteiger partial charge in [-0.05, 0) is 0 Å². The Morgan fingerprint density at radius 3 is 2.14 bits per heavy atom. The van der Waals surface area contributed by atoms with Crippen LogP contribution in [-0.2, 0) is 0 Å². The summed E-state index contributed by atoms with van der Waals surface area (Å²) >= 11 is 0. The fraction of sp³-hybridized carbons (Fsp3) is 0.182. The second-order valence-corrected chi connectivity index (χ2v) is 2.24. The van der Waals surface area contributed by atoms with Crippen LogP contribution in [-0.4, -0.2) is 12.9 Å². The minimum absolute atomic E-state index is 0. The predicted octanol–water partition coefficient (Wildman–Crippen LogP) is 0.0270. The maximum atomic E-state index is 6.31. The molecule has 1 rings (SSSR count). The van der Waals surface area contributed by atoms with Crippen LogP contribution in [0.5, 0.6) is 0 Å². The summed E-state index contributed by atoms with van der Waals surface area (Å²) in [5, 5.41) is 6.31. The van der Waals surface area contributed by atoms with Gasteiger partial charge in [0.15, 0.2) is 0 Å². The second-order valence-electron chi connectivity index (χ2n) is 2.24. The molecule has 2 nitrogen and oxygen atoms in total. The minimum Gasteiger partial charge on any atom is -0.519 e. The molecule has 1 N–H and O–H groups in total. The van der Waals surface area contributed by atoms with Crippen molar-refractivity contribution in [1.29, 1.82) is 5.41 Å². The van der Waals surface area contributed by atoms with Crippen molar-refractivity contribution in [3.63, 3.8) is 0 Å². The van der Waals surface area contributed by atoms with Crippen LogP contribution in [0.25, 0.3) is 0 Å². The van der Waals surface area contributed by atoms with Gasteiger partial charge in [-0.25, -0.2) is 6.42 Å². The number of nitrogens with one attached hydrogen (secondary N) is 1. The molecule has 0 saturated carbocycles. The van der Waals surface area contributed by atoms with Crippen LogP contribution in [0.4, 0.5) is 5.69 Å². The first kappa shape index (κ1) is 15.6. The number of rotatable bonds is 3. The largest absolute Gasteiger partial charge is 1.00 e. The van der Waals surface area contributed by atoms with Crippen LogP contribution < -0.4 is 18.9 Å². The van der Waals surface area contributed by atoms with Crippen molar-refractivity contribution < 1.29 is 18.9 Å². The number of unbranched alkanes of at least 4 members (excludes halogenated alkanes) is 1. The van der Waals surface area contributed by atoms with Crippen LogP contribution in [0, 0.1) is 12.3 Å². The molecule has 70 valence electrons. The number of para-hydroxylation sites is 1. The molecule has 0 radical (unpaired) electrons. The average molecular weight is 180 g/mol. The summed E-state index contributed by atoms with van der Waals surface area (Å²) in [6.45, 7) is 8.47. The van der Waals surface area contributed by atoms with Gasteiger partial charge in [0, 0.05) is 0 Å². The monoisotopic (exact) mass is 180 g/mol. The SMILES string of the molecule is [CH-]=Nc1ccccc1.[CH2-]CC[C-]=N.[Li+]. The van der Waals surface area contributed by atoms with Gasteiger partial charge in [-0.1, -0.05) is 23.9 Å². The van der Waals surface area contributed by atoms with E-state index >= 15 is 0 Å². The maximum absolute atomic E-state index is 6.31. The van der Waals surface area contributed by atoms with E-state index in [2.05, 4.69) is 18.1 Å². The summed E-state index contributed by atoms with van der Waals surface area (Å²) in [5.74, 6) is 0. The summed E-state index contributed by atoms with van der Waals surface area (Å²) in [6.07, 6.45) is 3.69. The molecule has 0 aliphatic rings. The van der Waals surface area contributed by atoms with Crippen molar-refractivity contribution in [3.05, 3.63) is 37.3 Å². The van der Waals surface area contributed by atoms with E-state index in [0.717, 1.165) is 12.1 Å². The average Bonchev–Trinajstić information content (AvgIpc) is 2.21. The van der Waals surface area contributed by atoms with Crippen molar-refractivity contribution in [2.24, 2.45) is 4.99 Å². The summed E-state index contributed by atoms with van der Waals surface area (Å²) in [6, 6.07) is 9.41. The fourth-order valence-corrected chi connectivity index (χ4v) is 0.602. The zero-order valence-electron chi connectivity index (χ0n) is 8.53. The molecule has 0 amide bonds. The van der Waals surface area contributed by atoms with Crippen molar-refractivity contribution in [1.82, 2.24) is 0 Å². The first-order valence-corrected chi connectivity index (χ1v) is 4.00. The summed E-state index contributed by atoms with van der Waals surface area (Å²) in [7, 11) is 0. The molecule has 1 aromatic carbocycles. The van der Waals surface area contributed by atoms with E-state index in [0.29, 0.717) is 6.42 Å². The third kappa shape index (κ3) is 9.25. The van der Waals surface area contributed by atoms with Gasteiger partial charge < -0.3 is 23.5 Å². The summed E-state index contributed by atoms with van der Waals surface area (Å²) in [5.41, 5.74) is 0.813. The van der Waals surface area contributed by atoms with E-state index < -0.39 is 0 Å². The van der Waals surface area contributed by atoms with Crippen LogP contribution in [0.3, 0.4) is 0 Å². The van der Waals surface area contributed by atoms with Gasteiger partial charge in [-0.3, -0.25) is 0 Å². The molecule has 0 aromatic heterocycles. The Balaban J connectivity index is 0. The zero-order valence-corrected chi connectivity index (χ0v) is 8.53. The Morgan fingerprint density at radius 1 is 1.36 bits per heavy atom. The van der Waals surface area contributed by atoms with Crippen LogP contribution >= 0.6 is 0 Å². The van der Waals surface area contributed by atoms with Crippen molar-refractivity contribution >= 4 is 18.6 Å². The van der Waals surface area contributed by atoms with Gasteiger partial charge >= 0.3 is 18.9 Å². The molecule has 0 atom stereocenters. The fourth-order valence-electron chi connectivity index (χ4n) is 0.602. The van der Waals surface area contributed by atoms with E-state index in [1.807, 2.05) is 30.3 Å². The number of aliphatic imine (C=N–C) groups is 1. The minimum atomic E-state index is 0. The molecule has 0 aliphatic carbocycles. The Labute approximate surface area is 98.1 Å². The molecular weight excluding hydrogens is 167 g/mol. The molecule has 14 heavy (non-hydrogen) atoms. The van der Waals surface area contributed by atoms with Crippen LogP contribution in [0.2, 0.25) is 0 Å². The Bertz CT molecular complexity index is 234.